The quantitative estimate of drug-likeness (QED) is 0.389. The van der Waals surface area contributed by atoms with Gasteiger partial charge in [-0.15, -0.1) is 6.42 Å². The molecule has 0 aromatic carbocycles. The third-order valence-corrected chi connectivity index (χ3v) is 0.651. The summed E-state index contributed by atoms with van der Waals surface area (Å²) >= 11 is 0. The van der Waals surface area contributed by atoms with Crippen LogP contribution < -0.4 is 0 Å². The summed E-state index contributed by atoms with van der Waals surface area (Å²) in [6, 6.07) is 0. The highest BCUT2D eigenvalue weighted by atomic mass is 19.1. The minimum Gasteiger partial charge on any atom is -0.208 e. The molecule has 0 atom stereocenters. The summed E-state index contributed by atoms with van der Waals surface area (Å²) in [5, 5.41) is 0. The van der Waals surface area contributed by atoms with Gasteiger partial charge in [0.15, 0.2) is 0 Å². The summed E-state index contributed by atoms with van der Waals surface area (Å²) in [5.74, 6) is 1.71. The average Bonchev–Trinajstić information content (AvgIpc) is 1.83. The van der Waals surface area contributed by atoms with Crippen LogP contribution in [0.5, 0.6) is 0 Å². The maximum absolute atomic E-state index is 11.8. The summed E-state index contributed by atoms with van der Waals surface area (Å²) in [7, 11) is 0. The Kier molecular flexibility index (Phi) is 3.15. The molecule has 1 heteroatoms. The molecule has 0 aliphatic heterocycles. The Labute approximate surface area is 54.4 Å². The summed E-state index contributed by atoms with van der Waals surface area (Å²) in [6.07, 6.45) is 7.47. The van der Waals surface area contributed by atoms with E-state index in [9.17, 15) is 4.39 Å². The molecule has 9 heavy (non-hydrogen) atoms. The van der Waals surface area contributed by atoms with Gasteiger partial charge in [-0.3, -0.25) is 0 Å². The zero-order valence-corrected chi connectivity index (χ0v) is 5.02. The monoisotopic (exact) mass is 122 g/mol. The fourth-order valence-corrected chi connectivity index (χ4v) is 0.239. The van der Waals surface area contributed by atoms with Crippen molar-refractivity contribution in [2.75, 3.05) is 0 Å². The SMILES string of the molecule is C#CC(=C)/C=C\C(=C)F. The molecule has 0 rings (SSSR count). The highest BCUT2D eigenvalue weighted by molar-refractivity contribution is 5.34. The van der Waals surface area contributed by atoms with Gasteiger partial charge in [-0.1, -0.05) is 19.1 Å². The van der Waals surface area contributed by atoms with Gasteiger partial charge in [0, 0.05) is 5.57 Å². The van der Waals surface area contributed by atoms with Crippen molar-refractivity contribution >= 4 is 0 Å². The number of rotatable bonds is 2. The first-order valence-corrected chi connectivity index (χ1v) is 2.35. The molecule has 0 nitrogen and oxygen atoms in total. The lowest BCUT2D eigenvalue weighted by atomic mass is 10.3. The molecule has 0 aliphatic carbocycles. The first-order chi connectivity index (χ1) is 4.16. The van der Waals surface area contributed by atoms with Gasteiger partial charge in [0.25, 0.3) is 0 Å². The van der Waals surface area contributed by atoms with E-state index in [-0.39, 0.29) is 0 Å². The van der Waals surface area contributed by atoms with Crippen LogP contribution in [0.3, 0.4) is 0 Å². The number of allylic oxidation sites excluding steroid dienone is 4. The van der Waals surface area contributed by atoms with Crippen LogP contribution in [0.2, 0.25) is 0 Å². The van der Waals surface area contributed by atoms with Crippen LogP contribution in [-0.2, 0) is 0 Å². The van der Waals surface area contributed by atoms with Crippen molar-refractivity contribution in [1.29, 1.82) is 0 Å². The molecular formula is C8H7F. The standard InChI is InChI=1S/C8H7F/c1-4-7(2)5-6-8(3)9/h1,5-6H,2-3H2/b6-5-. The molecule has 0 aliphatic rings. The zero-order valence-electron chi connectivity index (χ0n) is 5.02. The zero-order chi connectivity index (χ0) is 7.28. The summed E-state index contributed by atoms with van der Waals surface area (Å²) in [4.78, 5) is 0. The molecule has 0 heterocycles. The van der Waals surface area contributed by atoms with Gasteiger partial charge >= 0.3 is 0 Å². The maximum atomic E-state index is 11.8. The Balaban J connectivity index is 3.90. The van der Waals surface area contributed by atoms with Gasteiger partial charge in [-0.05, 0) is 12.2 Å². The predicted molar refractivity (Wildman–Crippen MR) is 37.4 cm³/mol. The van der Waals surface area contributed by atoms with Gasteiger partial charge in [0.1, 0.15) is 5.83 Å². The lowest BCUT2D eigenvalue weighted by molar-refractivity contribution is 0.671. The van der Waals surface area contributed by atoms with E-state index in [1.807, 2.05) is 0 Å². The number of halogens is 1. The smallest absolute Gasteiger partial charge is 0.116 e. The minimum absolute atomic E-state index is 0.439. The van der Waals surface area contributed by atoms with Crippen LogP contribution in [-0.4, -0.2) is 0 Å². The third kappa shape index (κ3) is 4.57. The van der Waals surface area contributed by atoms with Crippen molar-refractivity contribution in [3.05, 3.63) is 36.7 Å². The fraction of sp³-hybridized carbons (Fsp3) is 0. The normalized spacial score (nSPS) is 8.89. The van der Waals surface area contributed by atoms with Crippen LogP contribution >= 0.6 is 0 Å². The molecule has 0 fully saturated rings. The largest absolute Gasteiger partial charge is 0.208 e. The molecular weight excluding hydrogens is 115 g/mol. The Morgan fingerprint density at radius 2 is 2.00 bits per heavy atom. The Morgan fingerprint density at radius 3 is 2.33 bits per heavy atom. The maximum Gasteiger partial charge on any atom is 0.116 e. The summed E-state index contributed by atoms with van der Waals surface area (Å²) in [6.45, 7) is 6.41. The van der Waals surface area contributed by atoms with E-state index in [2.05, 4.69) is 19.1 Å². The van der Waals surface area contributed by atoms with Crippen LogP contribution in [0.25, 0.3) is 0 Å². The number of hydrogen-bond acceptors (Lipinski definition) is 0. The molecule has 0 N–H and O–H groups in total. The Hall–Kier alpha value is -1.29. The molecule has 0 amide bonds. The van der Waals surface area contributed by atoms with E-state index in [1.54, 1.807) is 0 Å². The van der Waals surface area contributed by atoms with Gasteiger partial charge in [0.2, 0.25) is 0 Å². The molecule has 0 saturated carbocycles. The number of hydrogen-bond donors (Lipinski definition) is 0. The highest BCUT2D eigenvalue weighted by Crippen LogP contribution is 1.96. The molecule has 0 aromatic rings. The van der Waals surface area contributed by atoms with Crippen LogP contribution in [0.1, 0.15) is 0 Å². The van der Waals surface area contributed by atoms with Crippen LogP contribution in [0.15, 0.2) is 36.7 Å². The first kappa shape index (κ1) is 7.71. The van der Waals surface area contributed by atoms with Gasteiger partial charge < -0.3 is 0 Å². The van der Waals surface area contributed by atoms with Crippen molar-refractivity contribution in [3.63, 3.8) is 0 Å². The lowest BCUT2D eigenvalue weighted by Gasteiger charge is -1.81. The molecule has 0 bridgehead atoms. The van der Waals surface area contributed by atoms with Gasteiger partial charge in [-0.2, -0.15) is 0 Å². The molecule has 0 radical (unpaired) electrons. The second-order valence-corrected chi connectivity index (χ2v) is 1.45. The third-order valence-electron chi connectivity index (χ3n) is 0.651. The van der Waals surface area contributed by atoms with E-state index in [0.29, 0.717) is 5.57 Å². The highest BCUT2D eigenvalue weighted by Gasteiger charge is 1.79. The van der Waals surface area contributed by atoms with E-state index in [0.717, 1.165) is 0 Å². The van der Waals surface area contributed by atoms with E-state index in [1.165, 1.54) is 12.2 Å². The van der Waals surface area contributed by atoms with E-state index >= 15 is 0 Å². The molecule has 0 aromatic heterocycles. The average molecular weight is 122 g/mol. The van der Waals surface area contributed by atoms with E-state index in [4.69, 9.17) is 6.42 Å². The Morgan fingerprint density at radius 1 is 1.44 bits per heavy atom. The Bertz CT molecular complexity index is 191. The lowest BCUT2D eigenvalue weighted by Crippen LogP contribution is -1.64. The second kappa shape index (κ2) is 3.68. The first-order valence-electron chi connectivity index (χ1n) is 2.35. The van der Waals surface area contributed by atoms with Gasteiger partial charge in [-0.25, -0.2) is 4.39 Å². The summed E-state index contributed by atoms with van der Waals surface area (Å²) < 4.78 is 11.8. The molecule has 0 unspecified atom stereocenters. The van der Waals surface area contributed by atoms with E-state index < -0.39 is 5.83 Å². The molecule has 0 saturated heterocycles. The van der Waals surface area contributed by atoms with Crippen molar-refractivity contribution < 1.29 is 4.39 Å². The van der Waals surface area contributed by atoms with Crippen LogP contribution in [0.4, 0.5) is 4.39 Å². The van der Waals surface area contributed by atoms with Crippen LogP contribution in [0, 0.1) is 12.3 Å². The van der Waals surface area contributed by atoms with Crippen molar-refractivity contribution in [2.45, 2.75) is 0 Å². The minimum atomic E-state index is -0.522. The van der Waals surface area contributed by atoms with Crippen molar-refractivity contribution in [1.82, 2.24) is 0 Å². The summed E-state index contributed by atoms with van der Waals surface area (Å²) in [5.41, 5.74) is 0.439. The van der Waals surface area contributed by atoms with Crippen molar-refractivity contribution in [3.8, 4) is 12.3 Å². The molecule has 46 valence electrons. The number of terminal acetylenes is 1. The molecule has 0 spiro atoms. The van der Waals surface area contributed by atoms with Gasteiger partial charge in [0.05, 0.1) is 0 Å². The second-order valence-electron chi connectivity index (χ2n) is 1.45. The fourth-order valence-electron chi connectivity index (χ4n) is 0.239. The topological polar surface area (TPSA) is 0 Å². The predicted octanol–water partition coefficient (Wildman–Crippen LogP) is 2.22. The van der Waals surface area contributed by atoms with Crippen molar-refractivity contribution in [2.24, 2.45) is 0 Å².